The Morgan fingerprint density at radius 2 is 1.90 bits per heavy atom. The van der Waals surface area contributed by atoms with E-state index in [2.05, 4.69) is 31.1 Å². The SMILES string of the molecule is CN(C(=O)OC(C)(C)C)c1n[nH]c(-c2ccc(Br)cc2)n1. The molecule has 2 aromatic rings. The summed E-state index contributed by atoms with van der Waals surface area (Å²) in [4.78, 5) is 17.5. The van der Waals surface area contributed by atoms with Gasteiger partial charge in [-0.05, 0) is 32.9 Å². The number of anilines is 1. The standard InChI is InChI=1S/C14H17BrN4O2/c1-14(2,3)21-13(20)19(4)12-16-11(17-18-12)9-5-7-10(15)8-6-9/h5-8H,1-4H3,(H,16,17,18). The maximum atomic E-state index is 12.0. The number of aromatic amines is 1. The van der Waals surface area contributed by atoms with Gasteiger partial charge < -0.3 is 4.74 Å². The van der Waals surface area contributed by atoms with E-state index >= 15 is 0 Å². The van der Waals surface area contributed by atoms with Gasteiger partial charge in [0.2, 0.25) is 0 Å². The normalized spacial score (nSPS) is 11.3. The van der Waals surface area contributed by atoms with Gasteiger partial charge in [0, 0.05) is 17.1 Å². The molecule has 0 aliphatic carbocycles. The van der Waals surface area contributed by atoms with Crippen LogP contribution in [0.3, 0.4) is 0 Å². The van der Waals surface area contributed by atoms with Crippen LogP contribution in [0.5, 0.6) is 0 Å². The van der Waals surface area contributed by atoms with Crippen molar-refractivity contribution in [2.75, 3.05) is 11.9 Å². The highest BCUT2D eigenvalue weighted by atomic mass is 79.9. The van der Waals surface area contributed by atoms with Crippen LogP contribution in [-0.2, 0) is 4.74 Å². The monoisotopic (exact) mass is 352 g/mol. The number of carbonyl (C=O) groups excluding carboxylic acids is 1. The van der Waals surface area contributed by atoms with E-state index < -0.39 is 11.7 Å². The van der Waals surface area contributed by atoms with Crippen molar-refractivity contribution < 1.29 is 9.53 Å². The summed E-state index contributed by atoms with van der Waals surface area (Å²) in [5, 5.41) is 6.86. The molecule has 0 saturated carbocycles. The molecule has 6 nitrogen and oxygen atoms in total. The van der Waals surface area contributed by atoms with Gasteiger partial charge in [0.05, 0.1) is 0 Å². The lowest BCUT2D eigenvalue weighted by atomic mass is 10.2. The Morgan fingerprint density at radius 3 is 2.48 bits per heavy atom. The van der Waals surface area contributed by atoms with E-state index in [1.807, 2.05) is 45.0 Å². The fourth-order valence-electron chi connectivity index (χ4n) is 1.55. The molecule has 112 valence electrons. The van der Waals surface area contributed by atoms with Crippen LogP contribution in [0, 0.1) is 0 Å². The number of benzene rings is 1. The molecule has 0 bridgehead atoms. The fourth-order valence-corrected chi connectivity index (χ4v) is 1.82. The molecule has 1 heterocycles. The first-order valence-corrected chi connectivity index (χ1v) is 7.20. The van der Waals surface area contributed by atoms with Crippen molar-refractivity contribution >= 4 is 28.0 Å². The van der Waals surface area contributed by atoms with E-state index in [1.165, 1.54) is 4.90 Å². The highest BCUT2D eigenvalue weighted by Crippen LogP contribution is 2.20. The number of nitrogens with one attached hydrogen (secondary N) is 1. The van der Waals surface area contributed by atoms with Crippen LogP contribution in [0.2, 0.25) is 0 Å². The Bertz CT molecular complexity index is 631. The molecule has 1 aromatic carbocycles. The highest BCUT2D eigenvalue weighted by molar-refractivity contribution is 9.10. The minimum atomic E-state index is -0.559. The predicted octanol–water partition coefficient (Wildman–Crippen LogP) is 3.61. The lowest BCUT2D eigenvalue weighted by Crippen LogP contribution is -2.34. The molecule has 0 radical (unpaired) electrons. The molecule has 0 atom stereocenters. The third-order valence-corrected chi connectivity index (χ3v) is 3.09. The first-order chi connectivity index (χ1) is 9.76. The van der Waals surface area contributed by atoms with Gasteiger partial charge in [0.15, 0.2) is 5.82 Å². The molecule has 1 N–H and O–H groups in total. The van der Waals surface area contributed by atoms with E-state index in [1.54, 1.807) is 7.05 Å². The topological polar surface area (TPSA) is 71.1 Å². The number of H-pyrrole nitrogens is 1. The van der Waals surface area contributed by atoms with Gasteiger partial charge in [-0.15, -0.1) is 5.10 Å². The van der Waals surface area contributed by atoms with Gasteiger partial charge in [-0.3, -0.25) is 5.10 Å². The molecule has 0 aliphatic rings. The number of hydrogen-bond acceptors (Lipinski definition) is 4. The average Bonchev–Trinajstić information content (AvgIpc) is 2.86. The van der Waals surface area contributed by atoms with Crippen molar-refractivity contribution in [3.63, 3.8) is 0 Å². The van der Waals surface area contributed by atoms with Gasteiger partial charge >= 0.3 is 6.09 Å². The number of hydrogen-bond donors (Lipinski definition) is 1. The quantitative estimate of drug-likeness (QED) is 0.895. The van der Waals surface area contributed by atoms with E-state index in [0.717, 1.165) is 10.0 Å². The Hall–Kier alpha value is -1.89. The first kappa shape index (κ1) is 15.5. The number of halogens is 1. The molecule has 21 heavy (non-hydrogen) atoms. The number of nitrogens with zero attached hydrogens (tertiary/aromatic N) is 3. The Labute approximate surface area is 131 Å². The number of aromatic nitrogens is 3. The van der Waals surface area contributed by atoms with E-state index in [0.29, 0.717) is 5.82 Å². The van der Waals surface area contributed by atoms with E-state index in [-0.39, 0.29) is 5.95 Å². The number of ether oxygens (including phenoxy) is 1. The molecule has 0 aliphatic heterocycles. The van der Waals surface area contributed by atoms with Crippen LogP contribution in [0.15, 0.2) is 28.7 Å². The van der Waals surface area contributed by atoms with Crippen molar-refractivity contribution in [1.82, 2.24) is 15.2 Å². The maximum absolute atomic E-state index is 12.0. The van der Waals surface area contributed by atoms with Crippen molar-refractivity contribution in [2.45, 2.75) is 26.4 Å². The van der Waals surface area contributed by atoms with Crippen molar-refractivity contribution in [2.24, 2.45) is 0 Å². The van der Waals surface area contributed by atoms with Gasteiger partial charge in [0.25, 0.3) is 5.95 Å². The Kier molecular flexibility index (Phi) is 4.32. The lowest BCUT2D eigenvalue weighted by molar-refractivity contribution is 0.0587. The van der Waals surface area contributed by atoms with E-state index in [4.69, 9.17) is 4.74 Å². The van der Waals surface area contributed by atoms with Gasteiger partial charge in [0.1, 0.15) is 5.60 Å². The van der Waals surface area contributed by atoms with Crippen molar-refractivity contribution in [3.8, 4) is 11.4 Å². The third-order valence-electron chi connectivity index (χ3n) is 2.56. The molecule has 0 spiro atoms. The molecule has 0 fully saturated rings. The Balaban J connectivity index is 2.16. The summed E-state index contributed by atoms with van der Waals surface area (Å²) in [7, 11) is 1.57. The smallest absolute Gasteiger partial charge is 0.416 e. The van der Waals surface area contributed by atoms with E-state index in [9.17, 15) is 4.79 Å². The minimum Gasteiger partial charge on any atom is -0.443 e. The molecule has 1 amide bonds. The minimum absolute atomic E-state index is 0.266. The van der Waals surface area contributed by atoms with Crippen LogP contribution >= 0.6 is 15.9 Å². The summed E-state index contributed by atoms with van der Waals surface area (Å²) in [6, 6.07) is 7.63. The largest absolute Gasteiger partial charge is 0.443 e. The predicted molar refractivity (Wildman–Crippen MR) is 84.2 cm³/mol. The zero-order valence-corrected chi connectivity index (χ0v) is 13.9. The number of rotatable bonds is 2. The molecule has 1 aromatic heterocycles. The molecular formula is C14H17BrN4O2. The van der Waals surface area contributed by atoms with Gasteiger partial charge in [-0.25, -0.2) is 9.69 Å². The van der Waals surface area contributed by atoms with Crippen LogP contribution in [0.1, 0.15) is 20.8 Å². The number of amides is 1. The maximum Gasteiger partial charge on any atom is 0.416 e. The summed E-state index contributed by atoms with van der Waals surface area (Å²) in [6.45, 7) is 5.43. The third kappa shape index (κ3) is 4.04. The Morgan fingerprint density at radius 1 is 1.29 bits per heavy atom. The van der Waals surface area contributed by atoms with Crippen molar-refractivity contribution in [1.29, 1.82) is 0 Å². The summed E-state index contributed by atoms with van der Waals surface area (Å²) < 4.78 is 6.25. The first-order valence-electron chi connectivity index (χ1n) is 6.41. The van der Waals surface area contributed by atoms with Crippen LogP contribution < -0.4 is 4.90 Å². The van der Waals surface area contributed by atoms with Crippen LogP contribution in [0.4, 0.5) is 10.7 Å². The summed E-state index contributed by atoms with van der Waals surface area (Å²) in [6.07, 6.45) is -0.496. The molecule has 0 unspecified atom stereocenters. The van der Waals surface area contributed by atoms with Crippen LogP contribution in [-0.4, -0.2) is 33.9 Å². The summed E-state index contributed by atoms with van der Waals surface area (Å²) in [5.74, 6) is 0.857. The second kappa shape index (κ2) is 5.85. The average molecular weight is 353 g/mol. The molecular weight excluding hydrogens is 336 g/mol. The van der Waals surface area contributed by atoms with Gasteiger partial charge in [-0.2, -0.15) is 4.98 Å². The fraction of sp³-hybridized carbons (Fsp3) is 0.357. The second-order valence-corrected chi connectivity index (χ2v) is 6.45. The molecule has 2 rings (SSSR count). The van der Waals surface area contributed by atoms with Crippen LogP contribution in [0.25, 0.3) is 11.4 Å². The summed E-state index contributed by atoms with van der Waals surface area (Å²) >= 11 is 3.38. The number of carbonyl (C=O) groups is 1. The molecule has 0 saturated heterocycles. The second-order valence-electron chi connectivity index (χ2n) is 5.53. The zero-order chi connectivity index (χ0) is 15.6. The highest BCUT2D eigenvalue weighted by Gasteiger charge is 2.23. The van der Waals surface area contributed by atoms with Gasteiger partial charge in [-0.1, -0.05) is 28.1 Å². The lowest BCUT2D eigenvalue weighted by Gasteiger charge is -2.22. The van der Waals surface area contributed by atoms with Crippen molar-refractivity contribution in [3.05, 3.63) is 28.7 Å². The molecule has 7 heteroatoms. The summed E-state index contributed by atoms with van der Waals surface area (Å²) in [5.41, 5.74) is 0.324. The zero-order valence-electron chi connectivity index (χ0n) is 12.3.